The van der Waals surface area contributed by atoms with Crippen LogP contribution in [0, 0.1) is 15.9 Å². The Balaban J connectivity index is 2.21. The molecule has 0 spiro atoms. The number of nitro benzene ring substituents is 1. The molecule has 0 unspecified atom stereocenters. The monoisotopic (exact) mass is 255 g/mol. The highest BCUT2D eigenvalue weighted by atomic mass is 19.1. The van der Waals surface area contributed by atoms with Crippen molar-refractivity contribution in [2.45, 2.75) is 37.9 Å². The summed E-state index contributed by atoms with van der Waals surface area (Å²) < 4.78 is 18.5. The average Bonchev–Trinajstić information content (AvgIpc) is 2.32. The van der Waals surface area contributed by atoms with Gasteiger partial charge in [0.25, 0.3) is 0 Å². The van der Waals surface area contributed by atoms with Crippen LogP contribution < -0.4 is 4.74 Å². The Morgan fingerprint density at radius 1 is 1.39 bits per heavy atom. The molecule has 1 aliphatic carbocycles. The van der Waals surface area contributed by atoms with Gasteiger partial charge in [0.2, 0.25) is 0 Å². The maximum Gasteiger partial charge on any atom is 0.311 e. The van der Waals surface area contributed by atoms with Crippen molar-refractivity contribution in [2.24, 2.45) is 0 Å². The Hall–Kier alpha value is -1.69. The van der Waals surface area contributed by atoms with Gasteiger partial charge in [0, 0.05) is 12.1 Å². The molecular weight excluding hydrogens is 241 g/mol. The van der Waals surface area contributed by atoms with Crippen LogP contribution in [0.2, 0.25) is 0 Å². The first-order valence-electron chi connectivity index (χ1n) is 5.86. The van der Waals surface area contributed by atoms with Gasteiger partial charge in [-0.15, -0.1) is 0 Å². The minimum absolute atomic E-state index is 0.119. The number of rotatable bonds is 3. The highest BCUT2D eigenvalue weighted by Crippen LogP contribution is 2.31. The molecule has 6 heteroatoms. The molecule has 0 saturated heterocycles. The molecule has 1 aromatic rings. The summed E-state index contributed by atoms with van der Waals surface area (Å²) in [4.78, 5) is 10.2. The zero-order valence-corrected chi connectivity index (χ0v) is 9.71. The van der Waals surface area contributed by atoms with Gasteiger partial charge in [-0.2, -0.15) is 0 Å². The zero-order valence-electron chi connectivity index (χ0n) is 9.71. The van der Waals surface area contributed by atoms with E-state index in [1.165, 1.54) is 0 Å². The summed E-state index contributed by atoms with van der Waals surface area (Å²) >= 11 is 0. The summed E-state index contributed by atoms with van der Waals surface area (Å²) in [6.45, 7) is 0. The van der Waals surface area contributed by atoms with Gasteiger partial charge in [0.1, 0.15) is 11.9 Å². The third kappa shape index (κ3) is 2.76. The van der Waals surface area contributed by atoms with Crippen molar-refractivity contribution in [3.8, 4) is 5.75 Å². The van der Waals surface area contributed by atoms with Crippen LogP contribution in [0.15, 0.2) is 18.2 Å². The van der Waals surface area contributed by atoms with Crippen molar-refractivity contribution >= 4 is 5.69 Å². The second-order valence-electron chi connectivity index (χ2n) is 4.38. The highest BCUT2D eigenvalue weighted by molar-refractivity contribution is 5.46. The molecule has 1 aliphatic rings. The van der Waals surface area contributed by atoms with Crippen LogP contribution in [0.1, 0.15) is 25.7 Å². The number of aliphatic hydroxyl groups is 1. The lowest BCUT2D eigenvalue weighted by Gasteiger charge is -2.27. The molecule has 0 radical (unpaired) electrons. The highest BCUT2D eigenvalue weighted by Gasteiger charge is 2.27. The number of nitrogens with zero attached hydrogens (tertiary/aromatic N) is 1. The standard InChI is InChI=1S/C12H14FNO4/c13-8-5-6-9(14(16)17)12(7-8)18-11-4-2-1-3-10(11)15/h5-7,10-11,15H,1-4H2/t10-,11+/m1/s1. The number of hydrogen-bond donors (Lipinski definition) is 1. The normalized spacial score (nSPS) is 23.7. The maximum absolute atomic E-state index is 13.1. The molecule has 0 aromatic heterocycles. The summed E-state index contributed by atoms with van der Waals surface area (Å²) in [5.74, 6) is -0.716. The minimum atomic E-state index is -0.651. The molecule has 0 bridgehead atoms. The van der Waals surface area contributed by atoms with Gasteiger partial charge < -0.3 is 9.84 Å². The first-order valence-corrected chi connectivity index (χ1v) is 5.86. The molecule has 18 heavy (non-hydrogen) atoms. The van der Waals surface area contributed by atoms with Crippen LogP contribution in [-0.2, 0) is 0 Å². The summed E-state index contributed by atoms with van der Waals surface area (Å²) in [6, 6.07) is 3.07. The average molecular weight is 255 g/mol. The van der Waals surface area contributed by atoms with Crippen molar-refractivity contribution in [3.63, 3.8) is 0 Å². The second kappa shape index (κ2) is 5.30. The molecule has 2 atom stereocenters. The van der Waals surface area contributed by atoms with E-state index >= 15 is 0 Å². The molecule has 2 rings (SSSR count). The van der Waals surface area contributed by atoms with Gasteiger partial charge in [0.05, 0.1) is 11.0 Å². The summed E-state index contributed by atoms with van der Waals surface area (Å²) in [5, 5.41) is 20.5. The van der Waals surface area contributed by atoms with E-state index in [4.69, 9.17) is 4.74 Å². The Morgan fingerprint density at radius 2 is 2.11 bits per heavy atom. The van der Waals surface area contributed by atoms with Crippen molar-refractivity contribution in [3.05, 3.63) is 34.1 Å². The first-order chi connectivity index (χ1) is 8.58. The smallest absolute Gasteiger partial charge is 0.311 e. The Labute approximate surface area is 103 Å². The van der Waals surface area contributed by atoms with Crippen molar-refractivity contribution in [2.75, 3.05) is 0 Å². The maximum atomic E-state index is 13.1. The van der Waals surface area contributed by atoms with Gasteiger partial charge in [-0.05, 0) is 25.3 Å². The first kappa shape index (κ1) is 12.8. The summed E-state index contributed by atoms with van der Waals surface area (Å²) in [6.07, 6.45) is 1.88. The van der Waals surface area contributed by atoms with Crippen molar-refractivity contribution in [1.82, 2.24) is 0 Å². The van der Waals surface area contributed by atoms with Crippen LogP contribution in [0.3, 0.4) is 0 Å². The number of halogens is 1. The lowest BCUT2D eigenvalue weighted by Crippen LogP contribution is -2.34. The van der Waals surface area contributed by atoms with E-state index in [-0.39, 0.29) is 11.4 Å². The molecular formula is C12H14FNO4. The third-order valence-corrected chi connectivity index (χ3v) is 3.06. The van der Waals surface area contributed by atoms with E-state index in [1.54, 1.807) is 0 Å². The lowest BCUT2D eigenvalue weighted by molar-refractivity contribution is -0.386. The molecule has 0 amide bonds. The second-order valence-corrected chi connectivity index (χ2v) is 4.38. The molecule has 0 heterocycles. The van der Waals surface area contributed by atoms with E-state index < -0.39 is 22.9 Å². The quantitative estimate of drug-likeness (QED) is 0.665. The van der Waals surface area contributed by atoms with Crippen LogP contribution >= 0.6 is 0 Å². The molecule has 5 nitrogen and oxygen atoms in total. The predicted octanol–water partition coefficient (Wildman–Crippen LogP) is 2.42. The predicted molar refractivity (Wildman–Crippen MR) is 61.9 cm³/mol. The van der Waals surface area contributed by atoms with Crippen LogP contribution in [0.4, 0.5) is 10.1 Å². The van der Waals surface area contributed by atoms with Gasteiger partial charge in [0.15, 0.2) is 5.75 Å². The SMILES string of the molecule is O=[N+]([O-])c1ccc(F)cc1O[C@H]1CCCC[C@H]1O. The van der Waals surface area contributed by atoms with E-state index in [0.717, 1.165) is 31.0 Å². The lowest BCUT2D eigenvalue weighted by atomic mass is 9.95. The number of aliphatic hydroxyl groups excluding tert-OH is 1. The van der Waals surface area contributed by atoms with Crippen molar-refractivity contribution < 1.29 is 19.2 Å². The molecule has 1 aromatic carbocycles. The third-order valence-electron chi connectivity index (χ3n) is 3.06. The van der Waals surface area contributed by atoms with E-state index in [1.807, 2.05) is 0 Å². The van der Waals surface area contributed by atoms with E-state index in [2.05, 4.69) is 0 Å². The number of ether oxygens (including phenoxy) is 1. The molecule has 1 fully saturated rings. The largest absolute Gasteiger partial charge is 0.481 e. The summed E-state index contributed by atoms with van der Waals surface area (Å²) in [7, 11) is 0. The Bertz CT molecular complexity index is 452. The van der Waals surface area contributed by atoms with Crippen LogP contribution in [0.25, 0.3) is 0 Å². The molecule has 1 N–H and O–H groups in total. The van der Waals surface area contributed by atoms with Crippen LogP contribution in [-0.4, -0.2) is 22.2 Å². The Morgan fingerprint density at radius 3 is 2.78 bits per heavy atom. The van der Waals surface area contributed by atoms with Crippen LogP contribution in [0.5, 0.6) is 5.75 Å². The Kier molecular flexibility index (Phi) is 3.76. The number of benzene rings is 1. The minimum Gasteiger partial charge on any atom is -0.481 e. The van der Waals surface area contributed by atoms with Gasteiger partial charge >= 0.3 is 5.69 Å². The molecule has 0 aliphatic heterocycles. The molecule has 1 saturated carbocycles. The fourth-order valence-corrected chi connectivity index (χ4v) is 2.11. The number of hydrogen-bond acceptors (Lipinski definition) is 4. The van der Waals surface area contributed by atoms with E-state index in [9.17, 15) is 19.6 Å². The van der Waals surface area contributed by atoms with Gasteiger partial charge in [-0.1, -0.05) is 6.42 Å². The van der Waals surface area contributed by atoms with Gasteiger partial charge in [-0.25, -0.2) is 4.39 Å². The van der Waals surface area contributed by atoms with Gasteiger partial charge in [-0.3, -0.25) is 10.1 Å². The van der Waals surface area contributed by atoms with E-state index in [0.29, 0.717) is 12.8 Å². The fourth-order valence-electron chi connectivity index (χ4n) is 2.11. The van der Waals surface area contributed by atoms with Crippen molar-refractivity contribution in [1.29, 1.82) is 0 Å². The zero-order chi connectivity index (χ0) is 13.1. The summed E-state index contributed by atoms with van der Waals surface area (Å²) in [5.41, 5.74) is -0.283. The molecule has 98 valence electrons. The number of nitro groups is 1. The topological polar surface area (TPSA) is 72.6 Å². The fraction of sp³-hybridized carbons (Fsp3) is 0.500.